The van der Waals surface area contributed by atoms with Gasteiger partial charge in [0.15, 0.2) is 5.57 Å². The van der Waals surface area contributed by atoms with Crippen molar-refractivity contribution >= 4 is 6.08 Å². The minimum absolute atomic E-state index is 0.0960. The number of nitrogens with two attached hydrogens (primary N) is 1. The van der Waals surface area contributed by atoms with Crippen molar-refractivity contribution < 1.29 is 0 Å². The largest absolute Gasteiger partial charge is 0.396 e. The Morgan fingerprint density at radius 3 is 2.06 bits per heavy atom. The van der Waals surface area contributed by atoms with Gasteiger partial charge in [0.1, 0.15) is 18.2 Å². The van der Waals surface area contributed by atoms with Gasteiger partial charge in [-0.3, -0.25) is 0 Å². The molecule has 0 radical (unpaired) electrons. The van der Waals surface area contributed by atoms with Gasteiger partial charge in [-0.1, -0.05) is 30.3 Å². The second-order valence-electron chi connectivity index (χ2n) is 3.09. The molecule has 0 fully saturated rings. The van der Waals surface area contributed by atoms with Gasteiger partial charge in [0.05, 0.1) is 11.3 Å². The Hall–Kier alpha value is -3.03. The van der Waals surface area contributed by atoms with E-state index in [2.05, 4.69) is 0 Å². The monoisotopic (exact) mass is 220 g/mol. The summed E-state index contributed by atoms with van der Waals surface area (Å²) < 4.78 is 0. The first kappa shape index (κ1) is 12.0. The van der Waals surface area contributed by atoms with Crippen LogP contribution in [0.3, 0.4) is 0 Å². The molecule has 0 unspecified atom stereocenters. The summed E-state index contributed by atoms with van der Waals surface area (Å²) in [7, 11) is 0. The minimum atomic E-state index is -0.256. The van der Waals surface area contributed by atoms with E-state index in [-0.39, 0.29) is 16.8 Å². The van der Waals surface area contributed by atoms with Crippen LogP contribution in [0.25, 0.3) is 6.08 Å². The molecule has 0 saturated carbocycles. The first-order chi connectivity index (χ1) is 8.22. The molecule has 0 saturated heterocycles. The zero-order valence-electron chi connectivity index (χ0n) is 8.88. The molecule has 0 atom stereocenters. The molecule has 1 aromatic carbocycles. The predicted octanol–water partition coefficient (Wildman–Crippen LogP) is 1.85. The third-order valence-corrected chi connectivity index (χ3v) is 2.01. The molecule has 4 nitrogen and oxygen atoms in total. The summed E-state index contributed by atoms with van der Waals surface area (Å²) in [6.07, 6.45) is 1.53. The van der Waals surface area contributed by atoms with Gasteiger partial charge in [-0.05, 0) is 11.6 Å². The van der Waals surface area contributed by atoms with Crippen LogP contribution >= 0.6 is 0 Å². The number of allylic oxidation sites excluding steroid dienone is 2. The third kappa shape index (κ3) is 2.96. The zero-order chi connectivity index (χ0) is 12.7. The van der Waals surface area contributed by atoms with E-state index in [1.807, 2.05) is 24.3 Å². The summed E-state index contributed by atoms with van der Waals surface area (Å²) in [6.45, 7) is 0. The summed E-state index contributed by atoms with van der Waals surface area (Å²) in [5.74, 6) is 0. The van der Waals surface area contributed by atoms with Gasteiger partial charge >= 0.3 is 0 Å². The molecule has 0 bridgehead atoms. The van der Waals surface area contributed by atoms with Gasteiger partial charge in [-0.2, -0.15) is 15.8 Å². The highest BCUT2D eigenvalue weighted by Crippen LogP contribution is 2.13. The molecule has 0 spiro atoms. The van der Waals surface area contributed by atoms with E-state index in [0.29, 0.717) is 0 Å². The lowest BCUT2D eigenvalue weighted by molar-refractivity contribution is 1.31. The SMILES string of the molecule is N#CC(=Cc1ccccc1)C(N)=C(C#N)C#N. The molecule has 17 heavy (non-hydrogen) atoms. The van der Waals surface area contributed by atoms with Gasteiger partial charge in [-0.25, -0.2) is 0 Å². The van der Waals surface area contributed by atoms with Crippen molar-refractivity contribution in [1.82, 2.24) is 0 Å². The summed E-state index contributed by atoms with van der Waals surface area (Å²) in [4.78, 5) is 0. The fraction of sp³-hybridized carbons (Fsp3) is 0. The van der Waals surface area contributed by atoms with E-state index in [1.54, 1.807) is 24.3 Å². The molecule has 4 heteroatoms. The van der Waals surface area contributed by atoms with Crippen molar-refractivity contribution in [3.8, 4) is 18.2 Å². The second kappa shape index (κ2) is 5.75. The smallest absolute Gasteiger partial charge is 0.153 e. The maximum absolute atomic E-state index is 8.95. The van der Waals surface area contributed by atoms with Gasteiger partial charge in [-0.15, -0.1) is 0 Å². The number of hydrogen-bond donors (Lipinski definition) is 1. The highest BCUT2D eigenvalue weighted by molar-refractivity contribution is 5.65. The van der Waals surface area contributed by atoms with Crippen LogP contribution in [0.5, 0.6) is 0 Å². The Bertz CT molecular complexity index is 573. The molecule has 0 aliphatic carbocycles. The molecule has 0 aliphatic heterocycles. The van der Waals surface area contributed by atoms with Crippen LogP contribution in [-0.2, 0) is 0 Å². The van der Waals surface area contributed by atoms with E-state index in [1.165, 1.54) is 6.08 Å². The average Bonchev–Trinajstić information content (AvgIpc) is 2.38. The summed E-state index contributed by atoms with van der Waals surface area (Å²) in [5, 5.41) is 26.3. The van der Waals surface area contributed by atoms with Crippen LogP contribution in [0.2, 0.25) is 0 Å². The standard InChI is InChI=1S/C13H8N4/c14-7-11(13(17)12(8-15)9-16)6-10-4-2-1-3-5-10/h1-6H,17H2. The summed E-state index contributed by atoms with van der Waals surface area (Å²) in [5.41, 5.74) is 6.12. The lowest BCUT2D eigenvalue weighted by Crippen LogP contribution is -2.03. The quantitative estimate of drug-likeness (QED) is 0.607. The molecular weight excluding hydrogens is 212 g/mol. The molecule has 0 aliphatic rings. The lowest BCUT2D eigenvalue weighted by Gasteiger charge is -1.99. The summed E-state index contributed by atoms with van der Waals surface area (Å²) >= 11 is 0. The Balaban J connectivity index is 3.26. The topological polar surface area (TPSA) is 97.4 Å². The fourth-order valence-corrected chi connectivity index (χ4v) is 1.17. The first-order valence-corrected chi connectivity index (χ1v) is 4.70. The van der Waals surface area contributed by atoms with Gasteiger partial charge in [0, 0.05) is 0 Å². The Labute approximate surface area is 99.1 Å². The predicted molar refractivity (Wildman–Crippen MR) is 62.5 cm³/mol. The van der Waals surface area contributed by atoms with Crippen molar-refractivity contribution in [2.24, 2.45) is 5.73 Å². The Kier molecular flexibility index (Phi) is 4.08. The van der Waals surface area contributed by atoms with Crippen LogP contribution in [0.4, 0.5) is 0 Å². The van der Waals surface area contributed by atoms with Gasteiger partial charge in [0.25, 0.3) is 0 Å². The molecule has 0 heterocycles. The van der Waals surface area contributed by atoms with E-state index in [4.69, 9.17) is 21.5 Å². The van der Waals surface area contributed by atoms with Crippen LogP contribution in [0, 0.1) is 34.0 Å². The number of nitrogens with zero attached hydrogens (tertiary/aromatic N) is 3. The molecule has 0 aromatic heterocycles. The Morgan fingerprint density at radius 2 is 1.59 bits per heavy atom. The number of hydrogen-bond acceptors (Lipinski definition) is 4. The van der Waals surface area contributed by atoms with Crippen molar-refractivity contribution in [2.45, 2.75) is 0 Å². The number of rotatable bonds is 2. The van der Waals surface area contributed by atoms with Crippen LogP contribution in [-0.4, -0.2) is 0 Å². The fourth-order valence-electron chi connectivity index (χ4n) is 1.17. The minimum Gasteiger partial charge on any atom is -0.396 e. The maximum atomic E-state index is 8.95. The van der Waals surface area contributed by atoms with Gasteiger partial charge in [0.2, 0.25) is 0 Å². The van der Waals surface area contributed by atoms with E-state index < -0.39 is 0 Å². The molecule has 1 rings (SSSR count). The molecule has 80 valence electrons. The van der Waals surface area contributed by atoms with Crippen molar-refractivity contribution in [3.63, 3.8) is 0 Å². The molecule has 2 N–H and O–H groups in total. The first-order valence-electron chi connectivity index (χ1n) is 4.70. The molecular formula is C13H8N4. The number of nitriles is 3. The highest BCUT2D eigenvalue weighted by atomic mass is 14.6. The Morgan fingerprint density at radius 1 is 1.00 bits per heavy atom. The van der Waals surface area contributed by atoms with E-state index >= 15 is 0 Å². The van der Waals surface area contributed by atoms with Crippen molar-refractivity contribution in [3.05, 3.63) is 52.7 Å². The van der Waals surface area contributed by atoms with E-state index in [0.717, 1.165) is 5.56 Å². The second-order valence-corrected chi connectivity index (χ2v) is 3.09. The van der Waals surface area contributed by atoms with Crippen LogP contribution < -0.4 is 5.73 Å². The van der Waals surface area contributed by atoms with E-state index in [9.17, 15) is 0 Å². The van der Waals surface area contributed by atoms with Crippen molar-refractivity contribution in [2.75, 3.05) is 0 Å². The average molecular weight is 220 g/mol. The lowest BCUT2D eigenvalue weighted by atomic mass is 10.1. The normalized spacial score (nSPS) is 9.59. The number of benzene rings is 1. The highest BCUT2D eigenvalue weighted by Gasteiger charge is 2.07. The third-order valence-electron chi connectivity index (χ3n) is 2.01. The summed E-state index contributed by atoms with van der Waals surface area (Å²) in [6, 6.07) is 14.2. The molecule has 0 amide bonds. The maximum Gasteiger partial charge on any atom is 0.153 e. The van der Waals surface area contributed by atoms with Crippen molar-refractivity contribution in [1.29, 1.82) is 15.8 Å². The van der Waals surface area contributed by atoms with Gasteiger partial charge < -0.3 is 5.73 Å². The zero-order valence-corrected chi connectivity index (χ0v) is 8.88. The molecule has 1 aromatic rings. The van der Waals surface area contributed by atoms with Crippen LogP contribution in [0.15, 0.2) is 47.2 Å². The van der Waals surface area contributed by atoms with Crippen LogP contribution in [0.1, 0.15) is 5.56 Å².